The Morgan fingerprint density at radius 1 is 1.17 bits per heavy atom. The zero-order valence-corrected chi connectivity index (χ0v) is 17.9. The molecule has 0 bridgehead atoms. The molecule has 2 N–H and O–H groups in total. The monoisotopic (exact) mass is 427 g/mol. The molecule has 1 saturated heterocycles. The van der Waals surface area contributed by atoms with Crippen LogP contribution in [0, 0.1) is 13.8 Å². The zero-order chi connectivity index (χ0) is 20.9. The number of pyridine rings is 1. The van der Waals surface area contributed by atoms with E-state index in [0.717, 1.165) is 61.7 Å². The van der Waals surface area contributed by atoms with Crippen LogP contribution in [0.5, 0.6) is 0 Å². The number of fused-ring (bicyclic) bond motifs is 1. The Morgan fingerprint density at radius 2 is 1.93 bits per heavy atom. The minimum atomic E-state index is -3.67. The quantitative estimate of drug-likeness (QED) is 0.645. The number of hydrogen-bond donors (Lipinski definition) is 2. The number of hydrogen-bond acceptors (Lipinski definition) is 7. The summed E-state index contributed by atoms with van der Waals surface area (Å²) in [5.41, 5.74) is 2.94. The molecular formula is C21H25N5O3S. The summed E-state index contributed by atoms with van der Waals surface area (Å²) in [5.74, 6) is 1.52. The van der Waals surface area contributed by atoms with Crippen LogP contribution in [-0.2, 0) is 10.0 Å². The van der Waals surface area contributed by atoms with Crippen molar-refractivity contribution >= 4 is 26.7 Å². The van der Waals surface area contributed by atoms with Crippen molar-refractivity contribution in [2.75, 3.05) is 31.1 Å². The van der Waals surface area contributed by atoms with Gasteiger partial charge in [-0.05, 0) is 56.5 Å². The summed E-state index contributed by atoms with van der Waals surface area (Å²) in [6.45, 7) is 7.25. The number of sulfonamides is 1. The van der Waals surface area contributed by atoms with Crippen molar-refractivity contribution in [3.63, 3.8) is 0 Å². The molecule has 1 aliphatic heterocycles. The van der Waals surface area contributed by atoms with Gasteiger partial charge in [-0.3, -0.25) is 0 Å². The molecule has 8 nitrogen and oxygen atoms in total. The molecule has 5 rings (SSSR count). The number of rotatable bonds is 5. The number of nitrogens with zero attached hydrogens (tertiary/aromatic N) is 3. The van der Waals surface area contributed by atoms with Crippen LogP contribution in [0.1, 0.15) is 24.3 Å². The lowest BCUT2D eigenvalue weighted by Crippen LogP contribution is -2.43. The van der Waals surface area contributed by atoms with Gasteiger partial charge in [-0.2, -0.15) is 0 Å². The summed E-state index contributed by atoms with van der Waals surface area (Å²) in [6.07, 6.45) is 1.76. The molecule has 2 fully saturated rings. The normalized spacial score (nSPS) is 17.6. The largest absolute Gasteiger partial charge is 0.361 e. The van der Waals surface area contributed by atoms with Gasteiger partial charge in [0.05, 0.1) is 16.1 Å². The van der Waals surface area contributed by atoms with E-state index in [2.05, 4.69) is 20.1 Å². The molecule has 0 atom stereocenters. The molecule has 158 valence electrons. The van der Waals surface area contributed by atoms with E-state index in [0.29, 0.717) is 16.7 Å². The average Bonchev–Trinajstić information content (AvgIpc) is 3.48. The Bertz CT molecular complexity index is 1190. The highest BCUT2D eigenvalue weighted by atomic mass is 32.2. The maximum Gasteiger partial charge on any atom is 0.241 e. The third-order valence-corrected chi connectivity index (χ3v) is 7.27. The SMILES string of the molecule is Cc1noc(C)c1-c1cc(S(=O)(=O)NC2CC2)c2ccc(N3CCNCC3)nc2c1. The highest BCUT2D eigenvalue weighted by Crippen LogP contribution is 2.35. The second-order valence-electron chi connectivity index (χ2n) is 8.04. The fourth-order valence-electron chi connectivity index (χ4n) is 4.01. The standard InChI is InChI=1S/C21H25N5O3S/c1-13-21(14(2)29-24-13)15-11-18-17(19(12-15)30(27,28)25-16-3-4-16)5-6-20(23-18)26-9-7-22-8-10-26/h5-6,11-12,16,22,25H,3-4,7-10H2,1-2H3. The Kier molecular flexibility index (Phi) is 4.76. The van der Waals surface area contributed by atoms with Crippen LogP contribution in [-0.4, -0.2) is 50.8 Å². The highest BCUT2D eigenvalue weighted by molar-refractivity contribution is 7.89. The van der Waals surface area contributed by atoms with Crippen molar-refractivity contribution in [2.45, 2.75) is 37.6 Å². The molecule has 0 amide bonds. The van der Waals surface area contributed by atoms with Crippen LogP contribution in [0.25, 0.3) is 22.0 Å². The van der Waals surface area contributed by atoms with Crippen LogP contribution in [0.4, 0.5) is 5.82 Å². The number of aromatic nitrogens is 2. The number of aryl methyl sites for hydroxylation is 2. The third kappa shape index (κ3) is 3.57. The van der Waals surface area contributed by atoms with E-state index in [1.54, 1.807) is 6.07 Å². The van der Waals surface area contributed by atoms with E-state index >= 15 is 0 Å². The van der Waals surface area contributed by atoms with Crippen molar-refractivity contribution in [1.82, 2.24) is 20.2 Å². The van der Waals surface area contributed by atoms with E-state index in [9.17, 15) is 8.42 Å². The molecule has 3 heterocycles. The van der Waals surface area contributed by atoms with E-state index < -0.39 is 10.0 Å². The number of nitrogens with one attached hydrogen (secondary N) is 2. The van der Waals surface area contributed by atoms with E-state index in [4.69, 9.17) is 9.51 Å². The summed E-state index contributed by atoms with van der Waals surface area (Å²) in [4.78, 5) is 7.32. The third-order valence-electron chi connectivity index (χ3n) is 5.71. The maximum atomic E-state index is 13.2. The lowest BCUT2D eigenvalue weighted by Gasteiger charge is -2.28. The van der Waals surface area contributed by atoms with Gasteiger partial charge in [0.25, 0.3) is 0 Å². The lowest BCUT2D eigenvalue weighted by molar-refractivity contribution is 0.393. The molecule has 0 spiro atoms. The molecule has 1 aromatic carbocycles. The average molecular weight is 428 g/mol. The molecular weight excluding hydrogens is 402 g/mol. The molecule has 1 saturated carbocycles. The fraction of sp³-hybridized carbons (Fsp3) is 0.429. The second-order valence-corrected chi connectivity index (χ2v) is 9.72. The van der Waals surface area contributed by atoms with Gasteiger partial charge in [0, 0.05) is 43.2 Å². The molecule has 1 aliphatic carbocycles. The predicted octanol–water partition coefficient (Wildman–Crippen LogP) is 2.36. The number of piperazine rings is 1. The molecule has 3 aromatic rings. The van der Waals surface area contributed by atoms with Gasteiger partial charge in [-0.25, -0.2) is 18.1 Å². The topological polar surface area (TPSA) is 100 Å². The van der Waals surface area contributed by atoms with Crippen LogP contribution in [0.2, 0.25) is 0 Å². The first-order valence-corrected chi connectivity index (χ1v) is 11.8. The van der Waals surface area contributed by atoms with Crippen LogP contribution >= 0.6 is 0 Å². The highest BCUT2D eigenvalue weighted by Gasteiger charge is 2.30. The van der Waals surface area contributed by atoms with E-state index in [-0.39, 0.29) is 10.9 Å². The predicted molar refractivity (Wildman–Crippen MR) is 115 cm³/mol. The van der Waals surface area contributed by atoms with Crippen molar-refractivity contribution in [3.8, 4) is 11.1 Å². The molecule has 2 aliphatic rings. The Balaban J connectivity index is 1.70. The summed E-state index contributed by atoms with van der Waals surface area (Å²) in [5, 5.41) is 8.00. The van der Waals surface area contributed by atoms with Gasteiger partial charge >= 0.3 is 0 Å². The van der Waals surface area contributed by atoms with E-state index in [1.807, 2.05) is 32.0 Å². The minimum absolute atomic E-state index is 0.0286. The van der Waals surface area contributed by atoms with Gasteiger partial charge in [-0.1, -0.05) is 5.16 Å². The number of anilines is 1. The first-order chi connectivity index (χ1) is 14.4. The van der Waals surface area contributed by atoms with Crippen molar-refractivity contribution in [2.24, 2.45) is 0 Å². The van der Waals surface area contributed by atoms with Crippen molar-refractivity contribution < 1.29 is 12.9 Å². The maximum absolute atomic E-state index is 13.2. The summed E-state index contributed by atoms with van der Waals surface area (Å²) in [6, 6.07) is 7.47. The molecule has 0 radical (unpaired) electrons. The number of benzene rings is 1. The molecule has 0 unspecified atom stereocenters. The Hall–Kier alpha value is -2.49. The second kappa shape index (κ2) is 7.33. The summed E-state index contributed by atoms with van der Waals surface area (Å²) in [7, 11) is -3.67. The first kappa shape index (κ1) is 19.5. The van der Waals surface area contributed by atoms with Crippen LogP contribution < -0.4 is 14.9 Å². The summed E-state index contributed by atoms with van der Waals surface area (Å²) >= 11 is 0. The van der Waals surface area contributed by atoms with Gasteiger partial charge in [0.2, 0.25) is 10.0 Å². The summed E-state index contributed by atoms with van der Waals surface area (Å²) < 4.78 is 34.5. The lowest BCUT2D eigenvalue weighted by atomic mass is 10.0. The van der Waals surface area contributed by atoms with Gasteiger partial charge in [0.15, 0.2) is 0 Å². The van der Waals surface area contributed by atoms with Gasteiger partial charge in [0.1, 0.15) is 11.6 Å². The van der Waals surface area contributed by atoms with Crippen LogP contribution in [0.15, 0.2) is 33.7 Å². The Labute approximate surface area is 175 Å². The molecule has 2 aromatic heterocycles. The van der Waals surface area contributed by atoms with Crippen molar-refractivity contribution in [3.05, 3.63) is 35.7 Å². The Morgan fingerprint density at radius 3 is 2.60 bits per heavy atom. The minimum Gasteiger partial charge on any atom is -0.361 e. The van der Waals surface area contributed by atoms with Gasteiger partial charge < -0.3 is 14.7 Å². The van der Waals surface area contributed by atoms with Crippen LogP contribution in [0.3, 0.4) is 0 Å². The smallest absolute Gasteiger partial charge is 0.241 e. The van der Waals surface area contributed by atoms with E-state index in [1.165, 1.54) is 0 Å². The zero-order valence-electron chi connectivity index (χ0n) is 17.1. The fourth-order valence-corrected chi connectivity index (χ4v) is 5.55. The van der Waals surface area contributed by atoms with Gasteiger partial charge in [-0.15, -0.1) is 0 Å². The molecule has 30 heavy (non-hydrogen) atoms. The first-order valence-electron chi connectivity index (χ1n) is 10.3. The molecule has 9 heteroatoms. The van der Waals surface area contributed by atoms with Crippen molar-refractivity contribution in [1.29, 1.82) is 0 Å².